The van der Waals surface area contributed by atoms with Gasteiger partial charge in [-0.25, -0.2) is 0 Å². The maximum absolute atomic E-state index is 6.16. The summed E-state index contributed by atoms with van der Waals surface area (Å²) < 4.78 is 10.5. The fourth-order valence-corrected chi connectivity index (χ4v) is 1.90. The molecule has 102 valence electrons. The highest BCUT2D eigenvalue weighted by atomic mass is 35.5. The summed E-state index contributed by atoms with van der Waals surface area (Å²) in [5, 5.41) is 4.03. The second-order valence-electron chi connectivity index (χ2n) is 4.73. The van der Waals surface area contributed by atoms with Gasteiger partial charge in [-0.15, -0.1) is 0 Å². The summed E-state index contributed by atoms with van der Waals surface area (Å²) in [5.74, 6) is 1.85. The smallest absolute Gasteiger partial charge is 0.179 e. The summed E-state index contributed by atoms with van der Waals surface area (Å²) in [7, 11) is 3.20. The van der Waals surface area contributed by atoms with E-state index in [0.29, 0.717) is 28.5 Å². The van der Waals surface area contributed by atoms with E-state index in [2.05, 4.69) is 26.1 Å². The molecule has 1 unspecified atom stereocenters. The standard InChI is InChI=1S/C14H22ClNO2/c1-9(2)10(3)16-8-11-6-12(15)14(18-5)13(7-11)17-4/h6-7,9-10,16H,8H2,1-5H3. The molecule has 0 aliphatic carbocycles. The Kier molecular flexibility index (Phi) is 5.76. The molecule has 0 saturated carbocycles. The molecule has 3 nitrogen and oxygen atoms in total. The van der Waals surface area contributed by atoms with E-state index in [1.165, 1.54) is 0 Å². The Morgan fingerprint density at radius 2 is 1.83 bits per heavy atom. The molecule has 4 heteroatoms. The third-order valence-electron chi connectivity index (χ3n) is 3.12. The molecule has 0 heterocycles. The van der Waals surface area contributed by atoms with Crippen LogP contribution in [0.3, 0.4) is 0 Å². The Morgan fingerprint density at radius 1 is 1.17 bits per heavy atom. The first kappa shape index (κ1) is 15.1. The van der Waals surface area contributed by atoms with Gasteiger partial charge < -0.3 is 14.8 Å². The Bertz CT molecular complexity index is 394. The molecule has 0 aromatic heterocycles. The van der Waals surface area contributed by atoms with Crippen molar-refractivity contribution in [1.29, 1.82) is 0 Å². The Hall–Kier alpha value is -0.930. The quantitative estimate of drug-likeness (QED) is 0.859. The summed E-state index contributed by atoms with van der Waals surface area (Å²) in [6.07, 6.45) is 0. The fourth-order valence-electron chi connectivity index (χ4n) is 1.59. The van der Waals surface area contributed by atoms with Crippen molar-refractivity contribution in [2.45, 2.75) is 33.4 Å². The maximum atomic E-state index is 6.16. The summed E-state index contributed by atoms with van der Waals surface area (Å²) in [4.78, 5) is 0. The normalized spacial score (nSPS) is 12.6. The molecular weight excluding hydrogens is 250 g/mol. The van der Waals surface area contributed by atoms with Crippen molar-refractivity contribution >= 4 is 11.6 Å². The predicted molar refractivity (Wildman–Crippen MR) is 75.7 cm³/mol. The van der Waals surface area contributed by atoms with Crippen LogP contribution in [0.25, 0.3) is 0 Å². The lowest BCUT2D eigenvalue weighted by atomic mass is 10.1. The Balaban J connectivity index is 2.82. The van der Waals surface area contributed by atoms with Crippen LogP contribution in [0.2, 0.25) is 5.02 Å². The van der Waals surface area contributed by atoms with Crippen molar-refractivity contribution in [3.63, 3.8) is 0 Å². The first-order chi connectivity index (χ1) is 8.49. The van der Waals surface area contributed by atoms with E-state index in [1.807, 2.05) is 12.1 Å². The number of benzene rings is 1. The molecule has 0 bridgehead atoms. The van der Waals surface area contributed by atoms with Crippen LogP contribution in [0.15, 0.2) is 12.1 Å². The number of methoxy groups -OCH3 is 2. The number of rotatable bonds is 6. The van der Waals surface area contributed by atoms with E-state index in [4.69, 9.17) is 21.1 Å². The molecule has 0 aliphatic heterocycles. The van der Waals surface area contributed by atoms with Crippen molar-refractivity contribution in [3.05, 3.63) is 22.7 Å². The van der Waals surface area contributed by atoms with Gasteiger partial charge in [0.05, 0.1) is 19.2 Å². The van der Waals surface area contributed by atoms with E-state index in [-0.39, 0.29) is 0 Å². The van der Waals surface area contributed by atoms with Crippen LogP contribution in [-0.2, 0) is 6.54 Å². The summed E-state index contributed by atoms with van der Waals surface area (Å²) in [6, 6.07) is 4.31. The predicted octanol–water partition coefficient (Wildman–Crippen LogP) is 3.49. The van der Waals surface area contributed by atoms with Gasteiger partial charge in [0.25, 0.3) is 0 Å². The van der Waals surface area contributed by atoms with Gasteiger partial charge in [-0.05, 0) is 30.5 Å². The molecule has 18 heavy (non-hydrogen) atoms. The highest BCUT2D eigenvalue weighted by Crippen LogP contribution is 2.35. The number of halogens is 1. The number of hydrogen-bond donors (Lipinski definition) is 1. The average Bonchev–Trinajstić information content (AvgIpc) is 2.34. The van der Waals surface area contributed by atoms with Gasteiger partial charge in [-0.3, -0.25) is 0 Å². The largest absolute Gasteiger partial charge is 0.493 e. The minimum atomic E-state index is 0.455. The minimum Gasteiger partial charge on any atom is -0.493 e. The van der Waals surface area contributed by atoms with E-state index < -0.39 is 0 Å². The highest BCUT2D eigenvalue weighted by molar-refractivity contribution is 6.32. The third kappa shape index (κ3) is 3.79. The van der Waals surface area contributed by atoms with Crippen molar-refractivity contribution in [3.8, 4) is 11.5 Å². The van der Waals surface area contributed by atoms with Crippen LogP contribution >= 0.6 is 11.6 Å². The lowest BCUT2D eigenvalue weighted by molar-refractivity contribution is 0.354. The summed E-state index contributed by atoms with van der Waals surface area (Å²) in [6.45, 7) is 7.32. The Morgan fingerprint density at radius 3 is 2.33 bits per heavy atom. The lowest BCUT2D eigenvalue weighted by Crippen LogP contribution is -2.30. The van der Waals surface area contributed by atoms with Crippen LogP contribution in [0.5, 0.6) is 11.5 Å². The SMILES string of the molecule is COc1cc(CNC(C)C(C)C)cc(Cl)c1OC. The maximum Gasteiger partial charge on any atom is 0.179 e. The number of ether oxygens (including phenoxy) is 2. The summed E-state index contributed by atoms with van der Waals surface area (Å²) >= 11 is 6.16. The molecule has 0 radical (unpaired) electrons. The zero-order valence-electron chi connectivity index (χ0n) is 11.7. The second-order valence-corrected chi connectivity index (χ2v) is 5.13. The van der Waals surface area contributed by atoms with E-state index in [1.54, 1.807) is 14.2 Å². The third-order valence-corrected chi connectivity index (χ3v) is 3.40. The molecule has 0 amide bonds. The van der Waals surface area contributed by atoms with Gasteiger partial charge in [-0.1, -0.05) is 25.4 Å². The van der Waals surface area contributed by atoms with Crippen molar-refractivity contribution in [1.82, 2.24) is 5.32 Å². The Labute approximate surface area is 114 Å². The van der Waals surface area contributed by atoms with Gasteiger partial charge >= 0.3 is 0 Å². The van der Waals surface area contributed by atoms with Crippen LogP contribution in [0.1, 0.15) is 26.3 Å². The molecule has 0 aliphatic rings. The van der Waals surface area contributed by atoms with Gasteiger partial charge in [0.1, 0.15) is 0 Å². The zero-order chi connectivity index (χ0) is 13.7. The fraction of sp³-hybridized carbons (Fsp3) is 0.571. The topological polar surface area (TPSA) is 30.5 Å². The molecule has 0 spiro atoms. The zero-order valence-corrected chi connectivity index (χ0v) is 12.5. The molecule has 1 N–H and O–H groups in total. The van der Waals surface area contributed by atoms with Crippen LogP contribution in [0, 0.1) is 5.92 Å². The average molecular weight is 272 g/mol. The molecular formula is C14H22ClNO2. The van der Waals surface area contributed by atoms with Crippen LogP contribution < -0.4 is 14.8 Å². The molecule has 1 atom stereocenters. The summed E-state index contributed by atoms with van der Waals surface area (Å²) in [5.41, 5.74) is 1.09. The second kappa shape index (κ2) is 6.86. The van der Waals surface area contributed by atoms with E-state index in [0.717, 1.165) is 12.1 Å². The van der Waals surface area contributed by atoms with Crippen molar-refractivity contribution < 1.29 is 9.47 Å². The molecule has 0 fully saturated rings. The first-order valence-electron chi connectivity index (χ1n) is 6.13. The highest BCUT2D eigenvalue weighted by Gasteiger charge is 2.12. The monoisotopic (exact) mass is 271 g/mol. The minimum absolute atomic E-state index is 0.455. The first-order valence-corrected chi connectivity index (χ1v) is 6.51. The van der Waals surface area contributed by atoms with Gasteiger partial charge in [0.2, 0.25) is 0 Å². The van der Waals surface area contributed by atoms with Crippen molar-refractivity contribution in [2.24, 2.45) is 5.92 Å². The number of hydrogen-bond acceptors (Lipinski definition) is 3. The van der Waals surface area contributed by atoms with Gasteiger partial charge in [0, 0.05) is 12.6 Å². The molecule has 1 rings (SSSR count). The molecule has 1 aromatic rings. The van der Waals surface area contributed by atoms with Crippen LogP contribution in [0.4, 0.5) is 0 Å². The van der Waals surface area contributed by atoms with Crippen molar-refractivity contribution in [2.75, 3.05) is 14.2 Å². The van der Waals surface area contributed by atoms with E-state index in [9.17, 15) is 0 Å². The number of nitrogens with one attached hydrogen (secondary N) is 1. The van der Waals surface area contributed by atoms with E-state index >= 15 is 0 Å². The van der Waals surface area contributed by atoms with Gasteiger partial charge in [0.15, 0.2) is 11.5 Å². The van der Waals surface area contributed by atoms with Gasteiger partial charge in [-0.2, -0.15) is 0 Å². The molecule has 1 aromatic carbocycles. The lowest BCUT2D eigenvalue weighted by Gasteiger charge is -2.18. The van der Waals surface area contributed by atoms with Crippen LogP contribution in [-0.4, -0.2) is 20.3 Å². The molecule has 0 saturated heterocycles.